The number of nitrogens with zero attached hydrogens (tertiary/aromatic N) is 5. The van der Waals surface area contributed by atoms with Crippen LogP contribution in [-0.4, -0.2) is 52.2 Å². The van der Waals surface area contributed by atoms with Gasteiger partial charge in [0.15, 0.2) is 11.5 Å². The molecule has 0 saturated heterocycles. The summed E-state index contributed by atoms with van der Waals surface area (Å²) < 4.78 is 12.2. The van der Waals surface area contributed by atoms with Crippen LogP contribution >= 0.6 is 0 Å². The number of amides is 2. The summed E-state index contributed by atoms with van der Waals surface area (Å²) in [6, 6.07) is 22.6. The number of nitro benzene ring substituents is 1. The molecule has 2 heterocycles. The number of rotatable bonds is 9. The third kappa shape index (κ3) is 5.69. The fraction of sp³-hybridized carbons (Fsp3) is 0.152. The molecule has 1 aliphatic heterocycles. The van der Waals surface area contributed by atoms with E-state index >= 15 is 0 Å². The minimum absolute atomic E-state index is 0.0382. The third-order valence-corrected chi connectivity index (χ3v) is 7.31. The van der Waals surface area contributed by atoms with Crippen LogP contribution in [0.2, 0.25) is 0 Å². The maximum Gasteiger partial charge on any atom is 0.271 e. The minimum Gasteiger partial charge on any atom is -0.493 e. The minimum atomic E-state index is -0.655. The SMILES string of the molecule is COc1ccc(CCN2C(=O)C(C#N)=C(C)/C(=C\c3cn(-c4ccc([N+](=O)[O-])cc4)nc3-c3ccccc3)C2=O)cc1OC. The average molecular weight is 590 g/mol. The van der Waals surface area contributed by atoms with Crippen molar-refractivity contribution in [3.8, 4) is 34.5 Å². The van der Waals surface area contributed by atoms with E-state index in [4.69, 9.17) is 14.6 Å². The van der Waals surface area contributed by atoms with Crippen molar-refractivity contribution >= 4 is 23.6 Å². The number of benzene rings is 3. The first-order valence-electron chi connectivity index (χ1n) is 13.6. The van der Waals surface area contributed by atoms with Crippen molar-refractivity contribution in [2.24, 2.45) is 0 Å². The number of imide groups is 1. The van der Waals surface area contributed by atoms with Crippen molar-refractivity contribution in [2.45, 2.75) is 13.3 Å². The van der Waals surface area contributed by atoms with Gasteiger partial charge in [0.25, 0.3) is 17.5 Å². The van der Waals surface area contributed by atoms with Gasteiger partial charge in [-0.25, -0.2) is 4.68 Å². The van der Waals surface area contributed by atoms with Gasteiger partial charge in [-0.3, -0.25) is 24.6 Å². The number of non-ortho nitro benzene ring substituents is 1. The summed E-state index contributed by atoms with van der Waals surface area (Å²) in [7, 11) is 3.06. The molecule has 0 N–H and O–H groups in total. The molecule has 4 aromatic rings. The fourth-order valence-electron chi connectivity index (χ4n) is 4.94. The van der Waals surface area contributed by atoms with E-state index < -0.39 is 16.7 Å². The van der Waals surface area contributed by atoms with E-state index in [0.717, 1.165) is 16.0 Å². The second kappa shape index (κ2) is 12.5. The lowest BCUT2D eigenvalue weighted by molar-refractivity contribution is -0.384. The Hall–Kier alpha value is -6.02. The Labute approximate surface area is 253 Å². The number of nitriles is 1. The molecule has 3 aromatic carbocycles. The van der Waals surface area contributed by atoms with Gasteiger partial charge in [-0.1, -0.05) is 36.4 Å². The molecule has 11 heteroatoms. The standard InChI is InChI=1S/C33H27N5O6/c1-21-27(32(39)36(33(40)28(21)19-34)16-15-22-9-14-29(43-2)30(17-22)44-3)18-24-20-37(25-10-12-26(13-11-25)38(41)42)35-31(24)23-7-5-4-6-8-23/h4-14,17-18,20H,15-16H2,1-3H3/b27-18+. The zero-order chi connectivity index (χ0) is 31.4. The molecule has 0 radical (unpaired) electrons. The van der Waals surface area contributed by atoms with Crippen LogP contribution in [0.5, 0.6) is 11.5 Å². The topological polar surface area (TPSA) is 141 Å². The van der Waals surface area contributed by atoms with Crippen molar-refractivity contribution in [1.29, 1.82) is 5.26 Å². The maximum absolute atomic E-state index is 13.8. The van der Waals surface area contributed by atoms with Crippen molar-refractivity contribution < 1.29 is 24.0 Å². The summed E-state index contributed by atoms with van der Waals surface area (Å²) >= 11 is 0. The van der Waals surface area contributed by atoms with Crippen molar-refractivity contribution in [1.82, 2.24) is 14.7 Å². The summed E-state index contributed by atoms with van der Waals surface area (Å²) in [4.78, 5) is 38.8. The lowest BCUT2D eigenvalue weighted by Crippen LogP contribution is -2.43. The van der Waals surface area contributed by atoms with E-state index in [-0.39, 0.29) is 29.0 Å². The number of ether oxygens (including phenoxy) is 2. The van der Waals surface area contributed by atoms with Gasteiger partial charge in [0.1, 0.15) is 11.6 Å². The quantitative estimate of drug-likeness (QED) is 0.111. The third-order valence-electron chi connectivity index (χ3n) is 7.31. The number of carbonyl (C=O) groups excluding carboxylic acids is 2. The van der Waals surface area contributed by atoms with Crippen LogP contribution in [0.15, 0.2) is 95.7 Å². The van der Waals surface area contributed by atoms with Gasteiger partial charge < -0.3 is 9.47 Å². The molecule has 0 aliphatic carbocycles. The van der Waals surface area contributed by atoms with Gasteiger partial charge >= 0.3 is 0 Å². The summed E-state index contributed by atoms with van der Waals surface area (Å²) in [5, 5.41) is 25.8. The normalized spacial score (nSPS) is 14.1. The van der Waals surface area contributed by atoms with Gasteiger partial charge in [-0.2, -0.15) is 10.4 Å². The predicted octanol–water partition coefficient (Wildman–Crippen LogP) is 5.30. The number of nitro groups is 1. The lowest BCUT2D eigenvalue weighted by Gasteiger charge is -2.27. The number of hydrogen-bond donors (Lipinski definition) is 0. The maximum atomic E-state index is 13.8. The smallest absolute Gasteiger partial charge is 0.271 e. The molecular weight excluding hydrogens is 562 g/mol. The van der Waals surface area contributed by atoms with Crippen LogP contribution in [-0.2, 0) is 16.0 Å². The van der Waals surface area contributed by atoms with Crippen molar-refractivity contribution in [3.05, 3.63) is 117 Å². The van der Waals surface area contributed by atoms with Gasteiger partial charge in [0, 0.05) is 41.6 Å². The Morgan fingerprint density at radius 3 is 2.32 bits per heavy atom. The molecular formula is C33H27N5O6. The summed E-state index contributed by atoms with van der Waals surface area (Å²) in [6.07, 6.45) is 3.66. The van der Waals surface area contributed by atoms with Crippen LogP contribution in [0.25, 0.3) is 23.0 Å². The highest BCUT2D eigenvalue weighted by atomic mass is 16.6. The molecule has 0 spiro atoms. The molecule has 0 saturated carbocycles. The first-order valence-corrected chi connectivity index (χ1v) is 13.6. The zero-order valence-electron chi connectivity index (χ0n) is 24.2. The number of hydrogen-bond acceptors (Lipinski definition) is 8. The van der Waals surface area contributed by atoms with Gasteiger partial charge in [0.05, 0.1) is 30.5 Å². The lowest BCUT2D eigenvalue weighted by atomic mass is 9.93. The molecule has 5 rings (SSSR count). The largest absolute Gasteiger partial charge is 0.493 e. The van der Waals surface area contributed by atoms with E-state index in [0.29, 0.717) is 34.9 Å². The zero-order valence-corrected chi connectivity index (χ0v) is 24.2. The number of carbonyl (C=O) groups is 2. The Bertz CT molecular complexity index is 1870. The van der Waals surface area contributed by atoms with E-state index in [2.05, 4.69) is 0 Å². The summed E-state index contributed by atoms with van der Waals surface area (Å²) in [6.45, 7) is 1.62. The molecule has 1 aromatic heterocycles. The van der Waals surface area contributed by atoms with Gasteiger partial charge in [0.2, 0.25) is 0 Å². The van der Waals surface area contributed by atoms with Crippen molar-refractivity contribution in [3.63, 3.8) is 0 Å². The highest BCUT2D eigenvalue weighted by Gasteiger charge is 2.35. The second-order valence-corrected chi connectivity index (χ2v) is 9.89. The monoisotopic (exact) mass is 589 g/mol. The Kier molecular flexibility index (Phi) is 8.35. The molecule has 0 unspecified atom stereocenters. The number of methoxy groups -OCH3 is 2. The molecule has 0 fully saturated rings. The molecule has 1 aliphatic rings. The van der Waals surface area contributed by atoms with Crippen LogP contribution in [0, 0.1) is 21.4 Å². The van der Waals surface area contributed by atoms with Crippen LogP contribution in [0.3, 0.4) is 0 Å². The molecule has 44 heavy (non-hydrogen) atoms. The first-order chi connectivity index (χ1) is 21.2. The van der Waals surface area contributed by atoms with Gasteiger partial charge in [-0.15, -0.1) is 0 Å². The highest BCUT2D eigenvalue weighted by Crippen LogP contribution is 2.32. The highest BCUT2D eigenvalue weighted by molar-refractivity contribution is 6.19. The average Bonchev–Trinajstić information content (AvgIpc) is 3.47. The predicted molar refractivity (Wildman–Crippen MR) is 162 cm³/mol. The molecule has 220 valence electrons. The Morgan fingerprint density at radius 1 is 0.977 bits per heavy atom. The van der Waals surface area contributed by atoms with E-state index in [1.54, 1.807) is 48.1 Å². The Balaban J connectivity index is 1.55. The van der Waals surface area contributed by atoms with E-state index in [1.807, 2.05) is 42.5 Å². The van der Waals surface area contributed by atoms with Gasteiger partial charge in [-0.05, 0) is 54.8 Å². The fourth-order valence-corrected chi connectivity index (χ4v) is 4.94. The van der Waals surface area contributed by atoms with Crippen LogP contribution in [0.1, 0.15) is 18.1 Å². The summed E-state index contributed by atoms with van der Waals surface area (Å²) in [5.74, 6) is -0.110. The summed E-state index contributed by atoms with van der Waals surface area (Å²) in [5.41, 5.74) is 3.55. The van der Waals surface area contributed by atoms with Crippen molar-refractivity contribution in [2.75, 3.05) is 20.8 Å². The molecule has 2 amide bonds. The van der Waals surface area contributed by atoms with Crippen LogP contribution < -0.4 is 9.47 Å². The molecule has 0 bridgehead atoms. The molecule has 11 nitrogen and oxygen atoms in total. The molecule has 0 atom stereocenters. The van der Waals surface area contributed by atoms with Crippen LogP contribution in [0.4, 0.5) is 5.69 Å². The second-order valence-electron chi connectivity index (χ2n) is 9.89. The number of aromatic nitrogens is 2. The van der Waals surface area contributed by atoms with E-state index in [1.165, 1.54) is 26.4 Å². The van der Waals surface area contributed by atoms with E-state index in [9.17, 15) is 25.0 Å². The Morgan fingerprint density at radius 2 is 1.68 bits per heavy atom. The first kappa shape index (κ1) is 29.5.